The van der Waals surface area contributed by atoms with Gasteiger partial charge < -0.3 is 14.7 Å². The summed E-state index contributed by atoms with van der Waals surface area (Å²) in [5.74, 6) is -1.63. The third-order valence-electron chi connectivity index (χ3n) is 4.98. The average Bonchev–Trinajstić information content (AvgIpc) is 2.76. The monoisotopic (exact) mass is 485 g/mol. The summed E-state index contributed by atoms with van der Waals surface area (Å²) in [5, 5.41) is 15.2. The Morgan fingerprint density at radius 3 is 2.79 bits per heavy atom. The van der Waals surface area contributed by atoms with Crippen LogP contribution in [0.15, 0.2) is 29.2 Å². The summed E-state index contributed by atoms with van der Waals surface area (Å²) in [4.78, 5) is 22.1. The number of benzene rings is 1. The van der Waals surface area contributed by atoms with Gasteiger partial charge in [-0.05, 0) is 24.6 Å². The summed E-state index contributed by atoms with van der Waals surface area (Å²) < 4.78 is 59.2. The van der Waals surface area contributed by atoms with E-state index in [1.165, 1.54) is 6.20 Å². The molecular formula is C20H16ClF4N5O3. The first kappa shape index (κ1) is 22.9. The molecule has 174 valence electrons. The van der Waals surface area contributed by atoms with Gasteiger partial charge in [0.2, 0.25) is 5.88 Å². The SMILES string of the molecule is O=c1[nH]ncc(N2CCc3c(nc(CCO)nc3Oc3ccc(F)cc3C(F)(F)F)C2)c1Cl. The number of halogens is 5. The molecule has 1 aromatic carbocycles. The highest BCUT2D eigenvalue weighted by molar-refractivity contribution is 6.33. The molecule has 0 saturated heterocycles. The van der Waals surface area contributed by atoms with Crippen LogP contribution >= 0.6 is 11.6 Å². The van der Waals surface area contributed by atoms with E-state index in [4.69, 9.17) is 16.3 Å². The first-order valence-electron chi connectivity index (χ1n) is 9.69. The van der Waals surface area contributed by atoms with E-state index in [0.717, 1.165) is 12.1 Å². The molecule has 3 heterocycles. The number of fused-ring (bicyclic) bond motifs is 1. The lowest BCUT2D eigenvalue weighted by atomic mass is 10.1. The zero-order valence-electron chi connectivity index (χ0n) is 16.8. The quantitative estimate of drug-likeness (QED) is 0.534. The van der Waals surface area contributed by atoms with Crippen molar-refractivity contribution in [1.29, 1.82) is 0 Å². The number of anilines is 1. The summed E-state index contributed by atoms with van der Waals surface area (Å²) in [6, 6.07) is 2.09. The highest BCUT2D eigenvalue weighted by atomic mass is 35.5. The van der Waals surface area contributed by atoms with Crippen LogP contribution in [0.1, 0.15) is 22.6 Å². The van der Waals surface area contributed by atoms with Crippen molar-refractivity contribution in [2.75, 3.05) is 18.1 Å². The molecule has 0 bridgehead atoms. The van der Waals surface area contributed by atoms with Crippen molar-refractivity contribution in [2.24, 2.45) is 0 Å². The van der Waals surface area contributed by atoms with Crippen LogP contribution < -0.4 is 15.2 Å². The van der Waals surface area contributed by atoms with Crippen LogP contribution in [-0.4, -0.2) is 38.4 Å². The van der Waals surface area contributed by atoms with Crippen molar-refractivity contribution in [1.82, 2.24) is 20.2 Å². The lowest BCUT2D eigenvalue weighted by Gasteiger charge is -2.31. The molecule has 0 saturated carbocycles. The first-order chi connectivity index (χ1) is 15.7. The van der Waals surface area contributed by atoms with Crippen LogP contribution in [0.2, 0.25) is 5.02 Å². The number of hydrogen-bond donors (Lipinski definition) is 2. The third-order valence-corrected chi connectivity index (χ3v) is 5.35. The third kappa shape index (κ3) is 4.76. The molecule has 0 aliphatic carbocycles. The molecule has 2 N–H and O–H groups in total. The predicted molar refractivity (Wildman–Crippen MR) is 109 cm³/mol. The molecule has 8 nitrogen and oxygen atoms in total. The lowest BCUT2D eigenvalue weighted by molar-refractivity contribution is -0.138. The van der Waals surface area contributed by atoms with Crippen LogP contribution in [0.3, 0.4) is 0 Å². The van der Waals surface area contributed by atoms with E-state index in [-0.39, 0.29) is 42.7 Å². The first-order valence-corrected chi connectivity index (χ1v) is 10.1. The van der Waals surface area contributed by atoms with Gasteiger partial charge in [0.1, 0.15) is 28.0 Å². The molecule has 33 heavy (non-hydrogen) atoms. The second-order valence-electron chi connectivity index (χ2n) is 7.15. The highest BCUT2D eigenvalue weighted by Crippen LogP contribution is 2.40. The molecule has 0 atom stereocenters. The fourth-order valence-electron chi connectivity index (χ4n) is 3.46. The normalized spacial score (nSPS) is 13.7. The van der Waals surface area contributed by atoms with Gasteiger partial charge in [-0.25, -0.2) is 14.5 Å². The number of rotatable bonds is 5. The molecule has 2 aromatic heterocycles. The van der Waals surface area contributed by atoms with Gasteiger partial charge in [-0.2, -0.15) is 23.3 Å². The van der Waals surface area contributed by atoms with Crippen LogP contribution in [-0.2, 0) is 25.6 Å². The van der Waals surface area contributed by atoms with Gasteiger partial charge in [-0.1, -0.05) is 11.6 Å². The highest BCUT2D eigenvalue weighted by Gasteiger charge is 2.36. The van der Waals surface area contributed by atoms with Crippen molar-refractivity contribution in [3.63, 3.8) is 0 Å². The number of hydrogen-bond acceptors (Lipinski definition) is 7. The number of nitrogens with one attached hydrogen (secondary N) is 1. The fourth-order valence-corrected chi connectivity index (χ4v) is 3.67. The van der Waals surface area contributed by atoms with Crippen LogP contribution in [0.5, 0.6) is 11.6 Å². The predicted octanol–water partition coefficient (Wildman–Crippen LogP) is 3.26. The van der Waals surface area contributed by atoms with Crippen molar-refractivity contribution >= 4 is 17.3 Å². The maximum atomic E-state index is 13.5. The number of aliphatic hydroxyl groups excluding tert-OH is 1. The van der Waals surface area contributed by atoms with E-state index >= 15 is 0 Å². The van der Waals surface area contributed by atoms with Gasteiger partial charge in [0.15, 0.2) is 0 Å². The van der Waals surface area contributed by atoms with E-state index in [1.807, 2.05) is 0 Å². The van der Waals surface area contributed by atoms with Gasteiger partial charge in [0.05, 0.1) is 30.7 Å². The minimum absolute atomic E-state index is 0.0342. The number of nitrogens with zero attached hydrogens (tertiary/aromatic N) is 4. The summed E-state index contributed by atoms with van der Waals surface area (Å²) in [6.07, 6.45) is -3.17. The largest absolute Gasteiger partial charge is 0.438 e. The Labute approximate surface area is 188 Å². The van der Waals surface area contributed by atoms with Crippen LogP contribution in [0.4, 0.5) is 23.2 Å². The van der Waals surface area contributed by atoms with Gasteiger partial charge in [0, 0.05) is 18.5 Å². The second kappa shape index (κ2) is 8.94. The van der Waals surface area contributed by atoms with Crippen molar-refractivity contribution in [2.45, 2.75) is 25.6 Å². The summed E-state index contributed by atoms with van der Waals surface area (Å²) in [7, 11) is 0. The average molecular weight is 486 g/mol. The van der Waals surface area contributed by atoms with E-state index in [9.17, 15) is 27.5 Å². The maximum Gasteiger partial charge on any atom is 0.420 e. The standard InChI is InChI=1S/C20H16ClF4N5O3/c21-17-14(8-26-29-18(17)32)30-5-3-11-13(9-30)27-16(4-6-31)28-19(11)33-15-2-1-10(22)7-12(15)20(23,24)25/h1-2,7-8,31H,3-6,9H2,(H,29,32). The zero-order chi connectivity index (χ0) is 23.8. The van der Waals surface area contributed by atoms with Gasteiger partial charge in [0.25, 0.3) is 5.56 Å². The smallest absolute Gasteiger partial charge is 0.420 e. The number of aromatic amines is 1. The molecule has 0 unspecified atom stereocenters. The van der Waals surface area contributed by atoms with Crippen LogP contribution in [0, 0.1) is 5.82 Å². The molecule has 0 fully saturated rings. The molecule has 0 radical (unpaired) electrons. The number of aromatic nitrogens is 4. The summed E-state index contributed by atoms with van der Waals surface area (Å²) in [6.45, 7) is 0.176. The van der Waals surface area contributed by atoms with Crippen molar-refractivity contribution < 1.29 is 27.4 Å². The molecule has 13 heteroatoms. The molecule has 3 aromatic rings. The van der Waals surface area contributed by atoms with E-state index in [0.29, 0.717) is 29.6 Å². The van der Waals surface area contributed by atoms with E-state index in [2.05, 4.69) is 20.2 Å². The molecule has 4 rings (SSSR count). The Kier molecular flexibility index (Phi) is 6.21. The number of aliphatic hydroxyl groups is 1. The minimum Gasteiger partial charge on any atom is -0.438 e. The Balaban J connectivity index is 1.74. The Morgan fingerprint density at radius 2 is 2.06 bits per heavy atom. The van der Waals surface area contributed by atoms with E-state index < -0.39 is 28.9 Å². The molecule has 0 amide bonds. The minimum atomic E-state index is -4.85. The number of ether oxygens (including phenoxy) is 1. The Hall–Kier alpha value is -3.25. The summed E-state index contributed by atoms with van der Waals surface area (Å²) >= 11 is 6.09. The van der Waals surface area contributed by atoms with Gasteiger partial charge in [-0.15, -0.1) is 0 Å². The van der Waals surface area contributed by atoms with Crippen LogP contribution in [0.25, 0.3) is 0 Å². The number of H-pyrrole nitrogens is 1. The maximum absolute atomic E-state index is 13.5. The fraction of sp³-hybridized carbons (Fsp3) is 0.300. The van der Waals surface area contributed by atoms with Gasteiger partial charge >= 0.3 is 6.18 Å². The van der Waals surface area contributed by atoms with E-state index in [1.54, 1.807) is 4.90 Å². The Bertz CT molecular complexity index is 1250. The van der Waals surface area contributed by atoms with Crippen molar-refractivity contribution in [3.05, 3.63) is 68.2 Å². The zero-order valence-corrected chi connectivity index (χ0v) is 17.5. The lowest BCUT2D eigenvalue weighted by Crippen LogP contribution is -2.33. The molecule has 1 aliphatic rings. The molecule has 0 spiro atoms. The topological polar surface area (TPSA) is 104 Å². The summed E-state index contributed by atoms with van der Waals surface area (Å²) in [5.41, 5.74) is -0.587. The van der Waals surface area contributed by atoms with Gasteiger partial charge in [-0.3, -0.25) is 4.79 Å². The molecular weight excluding hydrogens is 470 g/mol. The molecule has 1 aliphatic heterocycles. The second-order valence-corrected chi connectivity index (χ2v) is 7.53. The number of alkyl halides is 3. The Morgan fingerprint density at radius 1 is 1.27 bits per heavy atom. The van der Waals surface area contributed by atoms with Crippen molar-refractivity contribution in [3.8, 4) is 11.6 Å².